The Balaban J connectivity index is 1.65. The second kappa shape index (κ2) is 4.41. The molecule has 0 radical (unpaired) electrons. The molecule has 3 rings (SSSR count). The Morgan fingerprint density at radius 3 is 2.82 bits per heavy atom. The number of hydrogen-bond acceptors (Lipinski definition) is 2. The maximum absolute atomic E-state index is 12.1. The van der Waals surface area contributed by atoms with Crippen molar-refractivity contribution in [3.8, 4) is 0 Å². The summed E-state index contributed by atoms with van der Waals surface area (Å²) in [7, 11) is 0. The van der Waals surface area contributed by atoms with Crippen molar-refractivity contribution in [2.45, 2.75) is 32.1 Å². The number of halogens is 1. The molecule has 3 heteroatoms. The molecule has 2 fully saturated rings. The highest BCUT2D eigenvalue weighted by Gasteiger charge is 2.40. The predicted molar refractivity (Wildman–Crippen MR) is 67.1 cm³/mol. The number of Topliss-reactive ketones (excluding diaryl/α,β-unsaturated/α-hetero) is 1. The third kappa shape index (κ3) is 2.23. The van der Waals surface area contributed by atoms with Crippen molar-refractivity contribution in [1.82, 2.24) is 4.98 Å². The fourth-order valence-electron chi connectivity index (χ4n) is 3.52. The molecule has 1 heterocycles. The van der Waals surface area contributed by atoms with Gasteiger partial charge in [0.05, 0.1) is 0 Å². The second-order valence-electron chi connectivity index (χ2n) is 5.43. The first kappa shape index (κ1) is 11.2. The van der Waals surface area contributed by atoms with E-state index in [0.717, 1.165) is 11.8 Å². The largest absolute Gasteiger partial charge is 0.294 e. The first-order valence-corrected chi connectivity index (χ1v) is 6.75. The molecule has 1 aromatic heterocycles. The Kier molecular flexibility index (Phi) is 2.91. The van der Waals surface area contributed by atoms with Crippen LogP contribution in [-0.2, 0) is 0 Å². The summed E-state index contributed by atoms with van der Waals surface area (Å²) >= 11 is 5.72. The summed E-state index contributed by atoms with van der Waals surface area (Å²) in [6.45, 7) is 0. The number of aromatic nitrogens is 1. The van der Waals surface area contributed by atoms with Crippen LogP contribution in [0.2, 0.25) is 5.15 Å². The molecule has 0 spiro atoms. The molecule has 3 atom stereocenters. The van der Waals surface area contributed by atoms with Crippen molar-refractivity contribution in [3.05, 3.63) is 29.0 Å². The first-order valence-electron chi connectivity index (χ1n) is 6.37. The molecule has 17 heavy (non-hydrogen) atoms. The van der Waals surface area contributed by atoms with E-state index in [2.05, 4.69) is 4.98 Å². The van der Waals surface area contributed by atoms with Crippen molar-refractivity contribution in [2.24, 2.45) is 17.8 Å². The molecule has 0 aromatic carbocycles. The van der Waals surface area contributed by atoms with Crippen LogP contribution in [-0.4, -0.2) is 10.8 Å². The molecule has 3 unspecified atom stereocenters. The lowest BCUT2D eigenvalue weighted by Gasteiger charge is -2.20. The molecule has 90 valence electrons. The minimum atomic E-state index is 0.228. The molecule has 0 N–H and O–H groups in total. The topological polar surface area (TPSA) is 30.0 Å². The molecule has 1 aromatic rings. The van der Waals surface area contributed by atoms with Gasteiger partial charge in [-0.2, -0.15) is 0 Å². The van der Waals surface area contributed by atoms with Crippen LogP contribution in [0.25, 0.3) is 0 Å². The van der Waals surface area contributed by atoms with E-state index < -0.39 is 0 Å². The van der Waals surface area contributed by atoms with E-state index in [1.54, 1.807) is 18.3 Å². The van der Waals surface area contributed by atoms with Crippen molar-refractivity contribution in [2.75, 3.05) is 0 Å². The normalized spacial score (nSPS) is 30.8. The minimum Gasteiger partial charge on any atom is -0.294 e. The third-order valence-corrected chi connectivity index (χ3v) is 4.61. The smallest absolute Gasteiger partial charge is 0.164 e. The molecule has 0 amide bonds. The highest BCUT2D eigenvalue weighted by molar-refractivity contribution is 6.29. The maximum atomic E-state index is 12.1. The van der Waals surface area contributed by atoms with Gasteiger partial charge in [0.1, 0.15) is 5.15 Å². The van der Waals surface area contributed by atoms with Crippen LogP contribution in [0, 0.1) is 17.8 Å². The Morgan fingerprint density at radius 1 is 1.35 bits per heavy atom. The van der Waals surface area contributed by atoms with Crippen LogP contribution in [0.5, 0.6) is 0 Å². The van der Waals surface area contributed by atoms with Gasteiger partial charge in [-0.1, -0.05) is 18.0 Å². The number of carbonyl (C=O) groups excluding carboxylic acids is 1. The summed E-state index contributed by atoms with van der Waals surface area (Å²) in [6.07, 6.45) is 7.63. The Bertz CT molecular complexity index is 428. The molecule has 0 saturated heterocycles. The number of ketones is 1. The van der Waals surface area contributed by atoms with Gasteiger partial charge in [-0.15, -0.1) is 0 Å². The molecule has 2 aliphatic carbocycles. The van der Waals surface area contributed by atoms with E-state index in [9.17, 15) is 4.79 Å². The highest BCUT2D eigenvalue weighted by Crippen LogP contribution is 2.49. The van der Waals surface area contributed by atoms with Crippen molar-refractivity contribution >= 4 is 17.4 Å². The molecular weight excluding hydrogens is 234 g/mol. The minimum absolute atomic E-state index is 0.228. The Labute approximate surface area is 106 Å². The number of fused-ring (bicyclic) bond motifs is 2. The van der Waals surface area contributed by atoms with Crippen molar-refractivity contribution in [3.63, 3.8) is 0 Å². The fourth-order valence-corrected chi connectivity index (χ4v) is 3.63. The lowest BCUT2D eigenvalue weighted by atomic mass is 9.84. The zero-order valence-electron chi connectivity index (χ0n) is 9.73. The van der Waals surface area contributed by atoms with Crippen LogP contribution in [0.4, 0.5) is 0 Å². The fraction of sp³-hybridized carbons (Fsp3) is 0.571. The maximum Gasteiger partial charge on any atom is 0.164 e. The average molecular weight is 250 g/mol. The van der Waals surface area contributed by atoms with Crippen LogP contribution < -0.4 is 0 Å². The molecule has 2 saturated carbocycles. The lowest BCUT2D eigenvalue weighted by molar-refractivity contribution is 0.0944. The number of nitrogens with zero attached hydrogens (tertiary/aromatic N) is 1. The number of pyridine rings is 1. The van der Waals surface area contributed by atoms with Crippen LogP contribution in [0.3, 0.4) is 0 Å². The Hall–Kier alpha value is -0.890. The summed E-state index contributed by atoms with van der Waals surface area (Å²) in [4.78, 5) is 16.1. The lowest BCUT2D eigenvalue weighted by Crippen LogP contribution is -2.15. The average Bonchev–Trinajstić information content (AvgIpc) is 2.91. The van der Waals surface area contributed by atoms with Gasteiger partial charge in [0, 0.05) is 18.2 Å². The van der Waals surface area contributed by atoms with E-state index in [0.29, 0.717) is 23.1 Å². The van der Waals surface area contributed by atoms with E-state index in [1.165, 1.54) is 25.7 Å². The second-order valence-corrected chi connectivity index (χ2v) is 5.82. The zero-order chi connectivity index (χ0) is 11.8. The van der Waals surface area contributed by atoms with Gasteiger partial charge in [-0.3, -0.25) is 4.79 Å². The molecule has 2 aliphatic rings. The van der Waals surface area contributed by atoms with Gasteiger partial charge in [-0.05, 0) is 49.1 Å². The van der Waals surface area contributed by atoms with Crippen LogP contribution in [0.1, 0.15) is 42.5 Å². The third-order valence-electron chi connectivity index (χ3n) is 4.38. The Morgan fingerprint density at radius 2 is 2.24 bits per heavy atom. The SMILES string of the molecule is O=C(CC1CC2CCC1C2)c1ccc(Cl)nc1. The summed E-state index contributed by atoms with van der Waals surface area (Å²) in [5.41, 5.74) is 0.706. The van der Waals surface area contributed by atoms with E-state index in [-0.39, 0.29) is 5.78 Å². The summed E-state index contributed by atoms with van der Waals surface area (Å²) < 4.78 is 0. The van der Waals surface area contributed by atoms with Gasteiger partial charge < -0.3 is 0 Å². The van der Waals surface area contributed by atoms with Crippen LogP contribution >= 0.6 is 11.6 Å². The van der Waals surface area contributed by atoms with E-state index >= 15 is 0 Å². The highest BCUT2D eigenvalue weighted by atomic mass is 35.5. The van der Waals surface area contributed by atoms with Gasteiger partial charge >= 0.3 is 0 Å². The molecule has 2 nitrogen and oxygen atoms in total. The summed E-state index contributed by atoms with van der Waals surface area (Å²) in [6, 6.07) is 3.47. The van der Waals surface area contributed by atoms with E-state index in [4.69, 9.17) is 11.6 Å². The number of hydrogen-bond donors (Lipinski definition) is 0. The summed E-state index contributed by atoms with van der Waals surface area (Å²) in [5, 5.41) is 0.446. The van der Waals surface area contributed by atoms with Crippen LogP contribution in [0.15, 0.2) is 18.3 Å². The first-order chi connectivity index (χ1) is 8.22. The number of rotatable bonds is 3. The zero-order valence-corrected chi connectivity index (χ0v) is 10.5. The molecule has 2 bridgehead atoms. The van der Waals surface area contributed by atoms with Crippen molar-refractivity contribution < 1.29 is 4.79 Å². The molecular formula is C14H16ClNO. The van der Waals surface area contributed by atoms with Gasteiger partial charge in [0.15, 0.2) is 5.78 Å². The standard InChI is InChI=1S/C14H16ClNO/c15-14-4-3-11(8-16-14)13(17)7-12-6-9-1-2-10(12)5-9/h3-4,8-10,12H,1-2,5-7H2. The van der Waals surface area contributed by atoms with Gasteiger partial charge in [0.2, 0.25) is 0 Å². The number of carbonyl (C=O) groups is 1. The van der Waals surface area contributed by atoms with Gasteiger partial charge in [-0.25, -0.2) is 4.98 Å². The quantitative estimate of drug-likeness (QED) is 0.603. The summed E-state index contributed by atoms with van der Waals surface area (Å²) in [5.74, 6) is 2.56. The van der Waals surface area contributed by atoms with Gasteiger partial charge in [0.25, 0.3) is 0 Å². The monoisotopic (exact) mass is 249 g/mol. The van der Waals surface area contributed by atoms with Crippen molar-refractivity contribution in [1.29, 1.82) is 0 Å². The molecule has 0 aliphatic heterocycles. The van der Waals surface area contributed by atoms with E-state index in [1.807, 2.05) is 0 Å². The predicted octanol–water partition coefficient (Wildman–Crippen LogP) is 3.74.